The largest absolute Gasteiger partial charge is 0.396 e. The second-order valence-corrected chi connectivity index (χ2v) is 4.78. The van der Waals surface area contributed by atoms with Gasteiger partial charge in [-0.05, 0) is 25.7 Å². The SMILES string of the molecule is Cc1nn(C)c(N2CCC[C@@H](CO)C2)c1[N+](=O)[O-]. The highest BCUT2D eigenvalue weighted by Gasteiger charge is 2.31. The zero-order chi connectivity index (χ0) is 13.3. The van der Waals surface area contributed by atoms with E-state index in [4.69, 9.17) is 0 Å². The van der Waals surface area contributed by atoms with Gasteiger partial charge in [-0.15, -0.1) is 0 Å². The van der Waals surface area contributed by atoms with Crippen molar-refractivity contribution in [2.75, 3.05) is 24.6 Å². The molecule has 0 amide bonds. The number of aliphatic hydroxyl groups excluding tert-OH is 1. The highest BCUT2D eigenvalue weighted by Crippen LogP contribution is 2.33. The molecule has 1 fully saturated rings. The Morgan fingerprint density at radius 3 is 2.94 bits per heavy atom. The van der Waals surface area contributed by atoms with Crippen LogP contribution in [-0.4, -0.2) is 39.5 Å². The van der Waals surface area contributed by atoms with Crippen LogP contribution in [0.4, 0.5) is 11.5 Å². The Labute approximate surface area is 105 Å². The van der Waals surface area contributed by atoms with Crippen molar-refractivity contribution in [2.45, 2.75) is 19.8 Å². The number of rotatable bonds is 3. The lowest BCUT2D eigenvalue weighted by Gasteiger charge is -2.32. The van der Waals surface area contributed by atoms with Crippen molar-refractivity contribution in [2.24, 2.45) is 13.0 Å². The number of nitrogens with zero attached hydrogens (tertiary/aromatic N) is 4. The molecule has 2 rings (SSSR count). The van der Waals surface area contributed by atoms with E-state index in [1.165, 1.54) is 0 Å². The molecule has 1 aliphatic rings. The molecule has 7 heteroatoms. The van der Waals surface area contributed by atoms with Gasteiger partial charge in [0, 0.05) is 26.7 Å². The number of hydrogen-bond acceptors (Lipinski definition) is 5. The number of nitro groups is 1. The second kappa shape index (κ2) is 4.93. The van der Waals surface area contributed by atoms with Crippen molar-refractivity contribution < 1.29 is 10.0 Å². The minimum absolute atomic E-state index is 0.0797. The van der Waals surface area contributed by atoms with E-state index in [0.29, 0.717) is 18.1 Å². The average molecular weight is 254 g/mol. The van der Waals surface area contributed by atoms with Crippen LogP contribution in [0.3, 0.4) is 0 Å². The summed E-state index contributed by atoms with van der Waals surface area (Å²) in [6.07, 6.45) is 1.91. The first kappa shape index (κ1) is 12.8. The van der Waals surface area contributed by atoms with Gasteiger partial charge in [0.25, 0.3) is 0 Å². The number of aryl methyl sites for hydroxylation is 2. The highest BCUT2D eigenvalue weighted by molar-refractivity contribution is 5.61. The summed E-state index contributed by atoms with van der Waals surface area (Å²) in [6.45, 7) is 3.20. The van der Waals surface area contributed by atoms with E-state index in [2.05, 4.69) is 5.10 Å². The van der Waals surface area contributed by atoms with Gasteiger partial charge in [-0.2, -0.15) is 5.10 Å². The van der Waals surface area contributed by atoms with E-state index in [1.54, 1.807) is 18.7 Å². The van der Waals surface area contributed by atoms with Crippen molar-refractivity contribution >= 4 is 11.5 Å². The molecule has 1 saturated heterocycles. The Morgan fingerprint density at radius 1 is 1.61 bits per heavy atom. The Balaban J connectivity index is 2.35. The quantitative estimate of drug-likeness (QED) is 0.638. The van der Waals surface area contributed by atoms with Gasteiger partial charge in [-0.3, -0.25) is 10.1 Å². The van der Waals surface area contributed by atoms with Gasteiger partial charge in [0.2, 0.25) is 5.82 Å². The number of hydrogen-bond donors (Lipinski definition) is 1. The lowest BCUT2D eigenvalue weighted by Crippen LogP contribution is -2.38. The van der Waals surface area contributed by atoms with Crippen LogP contribution in [0.2, 0.25) is 0 Å². The maximum absolute atomic E-state index is 11.1. The summed E-state index contributed by atoms with van der Waals surface area (Å²) >= 11 is 0. The Hall–Kier alpha value is -1.63. The van der Waals surface area contributed by atoms with Crippen molar-refractivity contribution in [3.63, 3.8) is 0 Å². The van der Waals surface area contributed by atoms with Crippen LogP contribution in [0.1, 0.15) is 18.5 Å². The van der Waals surface area contributed by atoms with Crippen molar-refractivity contribution in [1.29, 1.82) is 0 Å². The predicted octanol–water partition coefficient (Wildman–Crippen LogP) is 0.845. The number of aliphatic hydroxyl groups is 1. The molecule has 0 saturated carbocycles. The van der Waals surface area contributed by atoms with Gasteiger partial charge < -0.3 is 10.0 Å². The van der Waals surface area contributed by atoms with Crippen LogP contribution in [0, 0.1) is 23.0 Å². The predicted molar refractivity (Wildman–Crippen MR) is 66.6 cm³/mol. The van der Waals surface area contributed by atoms with Gasteiger partial charge in [0.15, 0.2) is 0 Å². The Kier molecular flexibility index (Phi) is 3.51. The second-order valence-electron chi connectivity index (χ2n) is 4.78. The maximum atomic E-state index is 11.1. The molecule has 2 heterocycles. The summed E-state index contributed by atoms with van der Waals surface area (Å²) in [6, 6.07) is 0. The van der Waals surface area contributed by atoms with Crippen molar-refractivity contribution in [3.05, 3.63) is 15.8 Å². The summed E-state index contributed by atoms with van der Waals surface area (Å²) < 4.78 is 1.56. The molecule has 0 spiro atoms. The molecule has 0 bridgehead atoms. The molecule has 0 unspecified atom stereocenters. The third kappa shape index (κ3) is 2.17. The van der Waals surface area contributed by atoms with E-state index in [9.17, 15) is 15.2 Å². The maximum Gasteiger partial charge on any atom is 0.333 e. The normalized spacial score (nSPS) is 20.2. The number of piperidine rings is 1. The first-order chi connectivity index (χ1) is 8.54. The lowest BCUT2D eigenvalue weighted by molar-refractivity contribution is -0.384. The molecule has 1 aliphatic heterocycles. The monoisotopic (exact) mass is 254 g/mol. The van der Waals surface area contributed by atoms with Crippen LogP contribution >= 0.6 is 0 Å². The van der Waals surface area contributed by atoms with Crippen LogP contribution in [0.15, 0.2) is 0 Å². The summed E-state index contributed by atoms with van der Waals surface area (Å²) in [5.74, 6) is 0.740. The van der Waals surface area contributed by atoms with Crippen LogP contribution in [0.25, 0.3) is 0 Å². The molecular formula is C11H18N4O3. The van der Waals surface area contributed by atoms with Gasteiger partial charge in [-0.25, -0.2) is 4.68 Å². The molecule has 18 heavy (non-hydrogen) atoms. The minimum atomic E-state index is -0.375. The highest BCUT2D eigenvalue weighted by atomic mass is 16.6. The molecule has 100 valence electrons. The topological polar surface area (TPSA) is 84.4 Å². The van der Waals surface area contributed by atoms with Gasteiger partial charge in [0.05, 0.1) is 4.92 Å². The summed E-state index contributed by atoms with van der Waals surface area (Å²) in [4.78, 5) is 12.7. The fourth-order valence-electron chi connectivity index (χ4n) is 2.61. The molecule has 1 aromatic rings. The van der Waals surface area contributed by atoms with E-state index >= 15 is 0 Å². The number of anilines is 1. The molecule has 0 aromatic carbocycles. The molecule has 0 radical (unpaired) electrons. The molecule has 1 N–H and O–H groups in total. The molecule has 1 aromatic heterocycles. The van der Waals surface area contributed by atoms with Gasteiger partial charge >= 0.3 is 5.69 Å². The third-order valence-electron chi connectivity index (χ3n) is 3.42. The minimum Gasteiger partial charge on any atom is -0.396 e. The van der Waals surface area contributed by atoms with Gasteiger partial charge in [0.1, 0.15) is 5.69 Å². The fourth-order valence-corrected chi connectivity index (χ4v) is 2.61. The third-order valence-corrected chi connectivity index (χ3v) is 3.42. The molecule has 1 atom stereocenters. The molecule has 0 aliphatic carbocycles. The first-order valence-electron chi connectivity index (χ1n) is 6.08. The molecular weight excluding hydrogens is 236 g/mol. The van der Waals surface area contributed by atoms with E-state index in [1.807, 2.05) is 4.90 Å². The smallest absolute Gasteiger partial charge is 0.333 e. The fraction of sp³-hybridized carbons (Fsp3) is 0.727. The van der Waals surface area contributed by atoms with Crippen molar-refractivity contribution in [1.82, 2.24) is 9.78 Å². The summed E-state index contributed by atoms with van der Waals surface area (Å²) in [7, 11) is 1.72. The Bertz CT molecular complexity index is 457. The average Bonchev–Trinajstić information content (AvgIpc) is 2.64. The van der Waals surface area contributed by atoms with E-state index in [0.717, 1.165) is 19.4 Å². The molecule has 7 nitrogen and oxygen atoms in total. The Morgan fingerprint density at radius 2 is 2.33 bits per heavy atom. The van der Waals surface area contributed by atoms with E-state index in [-0.39, 0.29) is 23.1 Å². The zero-order valence-electron chi connectivity index (χ0n) is 10.7. The van der Waals surface area contributed by atoms with Crippen LogP contribution in [-0.2, 0) is 7.05 Å². The lowest BCUT2D eigenvalue weighted by atomic mass is 9.99. The zero-order valence-corrected chi connectivity index (χ0v) is 10.7. The first-order valence-corrected chi connectivity index (χ1v) is 6.08. The van der Waals surface area contributed by atoms with Crippen molar-refractivity contribution in [3.8, 4) is 0 Å². The number of aromatic nitrogens is 2. The van der Waals surface area contributed by atoms with E-state index < -0.39 is 0 Å². The van der Waals surface area contributed by atoms with Gasteiger partial charge in [-0.1, -0.05) is 0 Å². The summed E-state index contributed by atoms with van der Waals surface area (Å²) in [5.41, 5.74) is 0.514. The van der Waals surface area contributed by atoms with Crippen LogP contribution in [0.5, 0.6) is 0 Å². The standard InChI is InChI=1S/C11H18N4O3/c1-8-10(15(17)18)11(13(2)12-8)14-5-3-4-9(6-14)7-16/h9,16H,3-7H2,1-2H3/t9-/m1/s1. The summed E-state index contributed by atoms with van der Waals surface area (Å²) in [5, 5.41) is 24.5. The van der Waals surface area contributed by atoms with Crippen LogP contribution < -0.4 is 4.90 Å².